The Morgan fingerprint density at radius 2 is 2.00 bits per heavy atom. The molecule has 2 aromatic heterocycles. The van der Waals surface area contributed by atoms with Gasteiger partial charge in [-0.05, 0) is 42.3 Å². The average molecular weight is 301 g/mol. The lowest BCUT2D eigenvalue weighted by Crippen LogP contribution is -2.09. The highest BCUT2D eigenvalue weighted by Crippen LogP contribution is 2.36. The lowest BCUT2D eigenvalue weighted by atomic mass is 10.1. The smallest absolute Gasteiger partial charge is 0.196 e. The molecule has 0 fully saturated rings. The fourth-order valence-corrected chi connectivity index (χ4v) is 3.58. The quantitative estimate of drug-likeness (QED) is 0.781. The third kappa shape index (κ3) is 2.24. The van der Waals surface area contributed by atoms with Crippen molar-refractivity contribution >= 4 is 21.6 Å². The van der Waals surface area contributed by atoms with Crippen LogP contribution in [0.1, 0.15) is 11.1 Å². The fourth-order valence-electron chi connectivity index (χ4n) is 2.40. The molecule has 2 heterocycles. The first-order valence-electron chi connectivity index (χ1n) is 6.54. The van der Waals surface area contributed by atoms with E-state index in [1.54, 1.807) is 24.6 Å². The van der Waals surface area contributed by atoms with E-state index in [9.17, 15) is 9.90 Å². The van der Waals surface area contributed by atoms with Crippen molar-refractivity contribution in [2.45, 2.75) is 13.5 Å². The molecule has 0 saturated heterocycles. The number of H-pyrrole nitrogens is 1. The Morgan fingerprint density at radius 3 is 2.62 bits per heavy atom. The summed E-state index contributed by atoms with van der Waals surface area (Å²) in [4.78, 5) is 17.3. The summed E-state index contributed by atoms with van der Waals surface area (Å²) in [6.45, 7) is 1.69. The second-order valence-electron chi connectivity index (χ2n) is 4.79. The van der Waals surface area contributed by atoms with Crippen LogP contribution < -0.4 is 10.2 Å². The molecule has 0 aliphatic carbocycles. The standard InChI is InChI=1S/C16H15NO3S/c1-9-13-14(19)11(8-18)7-17-16(13)21-15(9)10-3-5-12(20-2)6-4-10/h3-7,18H,8H2,1-2H3,(H,17,19). The van der Waals surface area contributed by atoms with Gasteiger partial charge in [0.15, 0.2) is 5.43 Å². The summed E-state index contributed by atoms with van der Waals surface area (Å²) in [6, 6.07) is 7.77. The van der Waals surface area contributed by atoms with Gasteiger partial charge in [0, 0.05) is 16.6 Å². The van der Waals surface area contributed by atoms with E-state index in [2.05, 4.69) is 4.98 Å². The van der Waals surface area contributed by atoms with Crippen molar-refractivity contribution in [1.29, 1.82) is 0 Å². The van der Waals surface area contributed by atoms with Crippen molar-refractivity contribution in [3.8, 4) is 16.2 Å². The number of nitrogens with one attached hydrogen (secondary N) is 1. The second kappa shape index (κ2) is 5.35. The minimum atomic E-state index is -0.252. The van der Waals surface area contributed by atoms with Gasteiger partial charge in [0.1, 0.15) is 10.6 Å². The van der Waals surface area contributed by atoms with E-state index in [4.69, 9.17) is 4.74 Å². The molecule has 108 valence electrons. The summed E-state index contributed by atoms with van der Waals surface area (Å²) in [5, 5.41) is 9.88. The van der Waals surface area contributed by atoms with Gasteiger partial charge in [-0.2, -0.15) is 0 Å². The number of rotatable bonds is 3. The first-order chi connectivity index (χ1) is 10.2. The van der Waals surface area contributed by atoms with Gasteiger partial charge in [-0.3, -0.25) is 4.79 Å². The monoisotopic (exact) mass is 301 g/mol. The van der Waals surface area contributed by atoms with Gasteiger partial charge in [-0.15, -0.1) is 11.3 Å². The van der Waals surface area contributed by atoms with Gasteiger partial charge in [0.05, 0.1) is 19.1 Å². The van der Waals surface area contributed by atoms with Crippen molar-refractivity contribution in [2.75, 3.05) is 7.11 Å². The number of aromatic nitrogens is 1. The molecule has 0 amide bonds. The minimum Gasteiger partial charge on any atom is -0.497 e. The first kappa shape index (κ1) is 13.9. The van der Waals surface area contributed by atoms with Crippen LogP contribution in [0.2, 0.25) is 0 Å². The van der Waals surface area contributed by atoms with Gasteiger partial charge in [0.25, 0.3) is 0 Å². The average Bonchev–Trinajstić information content (AvgIpc) is 2.85. The zero-order valence-corrected chi connectivity index (χ0v) is 12.6. The molecule has 2 N–H and O–H groups in total. The first-order valence-corrected chi connectivity index (χ1v) is 7.36. The third-order valence-corrected chi connectivity index (χ3v) is 4.84. The molecule has 0 spiro atoms. The number of hydrogen-bond donors (Lipinski definition) is 2. The van der Waals surface area contributed by atoms with Crippen LogP contribution in [0, 0.1) is 6.92 Å². The normalized spacial score (nSPS) is 11.0. The molecule has 0 aliphatic rings. The fraction of sp³-hybridized carbons (Fsp3) is 0.188. The van der Waals surface area contributed by atoms with Crippen LogP contribution in [-0.2, 0) is 6.61 Å². The molecule has 0 bridgehead atoms. The molecule has 0 unspecified atom stereocenters. The lowest BCUT2D eigenvalue weighted by Gasteiger charge is -2.02. The number of fused-ring (bicyclic) bond motifs is 1. The van der Waals surface area contributed by atoms with Crippen molar-refractivity contribution in [1.82, 2.24) is 4.98 Å². The van der Waals surface area contributed by atoms with Crippen LogP contribution in [0.15, 0.2) is 35.3 Å². The highest BCUT2D eigenvalue weighted by molar-refractivity contribution is 7.22. The van der Waals surface area contributed by atoms with Crippen LogP contribution in [0.4, 0.5) is 0 Å². The number of methoxy groups -OCH3 is 1. The summed E-state index contributed by atoms with van der Waals surface area (Å²) >= 11 is 1.55. The number of aryl methyl sites for hydroxylation is 1. The van der Waals surface area contributed by atoms with E-state index in [1.807, 2.05) is 31.2 Å². The molecule has 0 atom stereocenters. The molecule has 3 aromatic rings. The summed E-state index contributed by atoms with van der Waals surface area (Å²) in [7, 11) is 1.63. The Labute approximate surface area is 125 Å². The molecule has 21 heavy (non-hydrogen) atoms. The topological polar surface area (TPSA) is 62.3 Å². The van der Waals surface area contributed by atoms with Crippen molar-refractivity contribution in [3.63, 3.8) is 0 Å². The van der Waals surface area contributed by atoms with Crippen LogP contribution >= 0.6 is 11.3 Å². The summed E-state index contributed by atoms with van der Waals surface area (Å²) in [5.41, 5.74) is 2.29. The molecular formula is C16H15NO3S. The Hall–Kier alpha value is -2.11. The molecule has 5 heteroatoms. The van der Waals surface area contributed by atoms with Crippen LogP contribution in [0.3, 0.4) is 0 Å². The molecule has 3 rings (SSSR count). The van der Waals surface area contributed by atoms with E-state index >= 15 is 0 Å². The van der Waals surface area contributed by atoms with Crippen LogP contribution in [0.25, 0.3) is 20.7 Å². The molecule has 0 aliphatic heterocycles. The molecule has 0 radical (unpaired) electrons. The number of pyridine rings is 1. The maximum absolute atomic E-state index is 12.3. The summed E-state index contributed by atoms with van der Waals surface area (Å²) in [5.74, 6) is 0.802. The highest BCUT2D eigenvalue weighted by Gasteiger charge is 2.15. The van der Waals surface area contributed by atoms with Gasteiger partial charge in [0.2, 0.25) is 0 Å². The number of thiophene rings is 1. The van der Waals surface area contributed by atoms with Gasteiger partial charge >= 0.3 is 0 Å². The Balaban J connectivity index is 2.21. The zero-order valence-electron chi connectivity index (χ0n) is 11.8. The van der Waals surface area contributed by atoms with E-state index in [0.717, 1.165) is 26.6 Å². The van der Waals surface area contributed by atoms with E-state index in [0.29, 0.717) is 10.9 Å². The number of aromatic amines is 1. The molecule has 1 aromatic carbocycles. The zero-order chi connectivity index (χ0) is 15.0. The maximum Gasteiger partial charge on any atom is 0.196 e. The van der Waals surface area contributed by atoms with Gasteiger partial charge < -0.3 is 14.8 Å². The Bertz CT molecular complexity index is 846. The van der Waals surface area contributed by atoms with Crippen molar-refractivity contribution in [2.24, 2.45) is 0 Å². The maximum atomic E-state index is 12.3. The third-order valence-electron chi connectivity index (χ3n) is 3.57. The van der Waals surface area contributed by atoms with Gasteiger partial charge in [-0.25, -0.2) is 0 Å². The summed E-state index contributed by atoms with van der Waals surface area (Å²) in [6.07, 6.45) is 1.58. The second-order valence-corrected chi connectivity index (χ2v) is 5.81. The van der Waals surface area contributed by atoms with E-state index in [-0.39, 0.29) is 12.0 Å². The molecular weight excluding hydrogens is 286 g/mol. The largest absolute Gasteiger partial charge is 0.497 e. The summed E-state index contributed by atoms with van der Waals surface area (Å²) < 4.78 is 5.16. The highest BCUT2D eigenvalue weighted by atomic mass is 32.1. The van der Waals surface area contributed by atoms with Crippen molar-refractivity contribution in [3.05, 3.63) is 51.8 Å². The number of aliphatic hydroxyl groups is 1. The Kier molecular flexibility index (Phi) is 3.53. The number of ether oxygens (including phenoxy) is 1. The minimum absolute atomic E-state index is 0.0974. The van der Waals surface area contributed by atoms with Crippen LogP contribution in [0.5, 0.6) is 5.75 Å². The van der Waals surface area contributed by atoms with E-state index < -0.39 is 0 Å². The predicted molar refractivity (Wildman–Crippen MR) is 85.1 cm³/mol. The molecule has 4 nitrogen and oxygen atoms in total. The van der Waals surface area contributed by atoms with Gasteiger partial charge in [-0.1, -0.05) is 0 Å². The SMILES string of the molecule is COc1ccc(-c2sc3[nH]cc(CO)c(=O)c3c2C)cc1. The van der Waals surface area contributed by atoms with Crippen LogP contribution in [-0.4, -0.2) is 17.2 Å². The predicted octanol–water partition coefficient (Wildman–Crippen LogP) is 3.07. The number of hydrogen-bond acceptors (Lipinski definition) is 4. The lowest BCUT2D eigenvalue weighted by molar-refractivity contribution is 0.280. The number of benzene rings is 1. The number of aliphatic hydroxyl groups excluding tert-OH is 1. The van der Waals surface area contributed by atoms with E-state index in [1.165, 1.54) is 0 Å². The Morgan fingerprint density at radius 1 is 1.29 bits per heavy atom. The van der Waals surface area contributed by atoms with Crippen molar-refractivity contribution < 1.29 is 9.84 Å². The molecule has 0 saturated carbocycles.